The standard InChI is InChI=1S/C8H15FN2O2S.CHF3O3S/c1-3-4-5-8-10(2)6-7-11(8)14(9,12)13;2-1(3,4)8(5,6)7/h6-8H,3-5H2,1-2H3;(H,5,6,7). The zero-order chi connectivity index (χ0) is 17.8. The highest BCUT2D eigenvalue weighted by Crippen LogP contribution is 2.20. The predicted octanol–water partition coefficient (Wildman–Crippen LogP) is 0.0699. The maximum absolute atomic E-state index is 12.8. The van der Waals surface area contributed by atoms with Gasteiger partial charge >= 0.3 is 15.9 Å². The van der Waals surface area contributed by atoms with Gasteiger partial charge in [0.05, 0.1) is 6.20 Å². The summed E-state index contributed by atoms with van der Waals surface area (Å²) in [6, 6.07) is 0. The van der Waals surface area contributed by atoms with E-state index in [1.807, 2.05) is 6.92 Å². The number of alkyl halides is 3. The first kappa shape index (κ1) is 21.1. The summed E-state index contributed by atoms with van der Waals surface area (Å²) in [5.74, 6) is 0. The molecule has 0 aliphatic carbocycles. The Morgan fingerprint density at radius 3 is 2.05 bits per heavy atom. The summed E-state index contributed by atoms with van der Waals surface area (Å²) in [5.41, 5.74) is -5.65. The molecular formula is C9H16F4N2O5S2. The van der Waals surface area contributed by atoms with Gasteiger partial charge in [-0.2, -0.15) is 17.5 Å². The molecule has 7 nitrogen and oxygen atoms in total. The van der Waals surface area contributed by atoms with Gasteiger partial charge < -0.3 is 9.45 Å². The van der Waals surface area contributed by atoms with Crippen LogP contribution in [0.1, 0.15) is 26.2 Å². The van der Waals surface area contributed by atoms with Crippen LogP contribution >= 0.6 is 0 Å². The molecule has 1 aliphatic rings. The zero-order valence-electron chi connectivity index (χ0n) is 11.7. The molecule has 132 valence electrons. The van der Waals surface area contributed by atoms with Crippen molar-refractivity contribution in [2.75, 3.05) is 7.05 Å². The number of nitrogens with one attached hydrogen (secondary N) is 1. The van der Waals surface area contributed by atoms with Crippen molar-refractivity contribution < 1.29 is 42.8 Å². The normalized spacial score (nSPS) is 22.4. The molecule has 0 aromatic carbocycles. The van der Waals surface area contributed by atoms with Gasteiger partial charge in [-0.3, -0.25) is 0 Å². The number of nitrogens with zero attached hydrogens (tertiary/aromatic N) is 1. The summed E-state index contributed by atoms with van der Waals surface area (Å²) in [6.45, 7) is 2.02. The fourth-order valence-electron chi connectivity index (χ4n) is 1.59. The van der Waals surface area contributed by atoms with Crippen molar-refractivity contribution in [3.63, 3.8) is 0 Å². The van der Waals surface area contributed by atoms with Gasteiger partial charge in [0.2, 0.25) is 0 Å². The number of rotatable bonds is 4. The average molecular weight is 372 g/mol. The molecule has 0 fully saturated rings. The Bertz CT molecular complexity index is 588. The third-order valence-electron chi connectivity index (χ3n) is 2.69. The molecule has 2 unspecified atom stereocenters. The number of halogens is 4. The van der Waals surface area contributed by atoms with Crippen LogP contribution in [0.5, 0.6) is 0 Å². The predicted molar refractivity (Wildman–Crippen MR) is 67.0 cm³/mol. The second-order valence-electron chi connectivity index (χ2n) is 4.38. The molecule has 0 aromatic heterocycles. The summed E-state index contributed by atoms with van der Waals surface area (Å²) in [6.07, 6.45) is 5.19. The topological polar surface area (TPSA) is 99.0 Å². The molecule has 0 aromatic rings. The number of unbranched alkanes of at least 4 members (excludes halogenated alkanes) is 1. The first-order chi connectivity index (χ1) is 9.71. The van der Waals surface area contributed by atoms with E-state index in [1.54, 1.807) is 18.1 Å². The minimum absolute atomic E-state index is 0.103. The lowest BCUT2D eigenvalue weighted by atomic mass is 10.2. The molecule has 0 radical (unpaired) electrons. The fraction of sp³-hybridized carbons (Fsp3) is 0.778. The summed E-state index contributed by atoms with van der Waals surface area (Å²) < 4.78 is 93.1. The molecule has 2 atom stereocenters. The van der Waals surface area contributed by atoms with E-state index in [1.165, 1.54) is 6.20 Å². The van der Waals surface area contributed by atoms with Crippen molar-refractivity contribution in [1.29, 1.82) is 0 Å². The van der Waals surface area contributed by atoms with Crippen molar-refractivity contribution in [2.24, 2.45) is 0 Å². The van der Waals surface area contributed by atoms with Crippen molar-refractivity contribution in [3.8, 4) is 0 Å². The number of hydrogen-bond acceptors (Lipinski definition) is 6. The fourth-order valence-corrected chi connectivity index (χ4v) is 2.43. The van der Waals surface area contributed by atoms with E-state index in [2.05, 4.69) is 0 Å². The summed E-state index contributed by atoms with van der Waals surface area (Å²) in [5, 5.41) is 0. The number of hydrogen-bond donors (Lipinski definition) is 1. The monoisotopic (exact) mass is 372 g/mol. The van der Waals surface area contributed by atoms with Crippen LogP contribution < -0.4 is 4.31 Å². The highest BCUT2D eigenvalue weighted by Gasteiger charge is 2.38. The van der Waals surface area contributed by atoms with Crippen LogP contribution in [-0.4, -0.2) is 45.0 Å². The largest absolute Gasteiger partial charge is 0.741 e. The molecule has 0 saturated heterocycles. The molecule has 1 heterocycles. The third kappa shape index (κ3) is 6.46. The Balaban J connectivity index is 0.000000472. The molecule has 0 amide bonds. The van der Waals surface area contributed by atoms with Gasteiger partial charge in [0.25, 0.3) is 0 Å². The Kier molecular flexibility index (Phi) is 7.25. The van der Waals surface area contributed by atoms with E-state index < -0.39 is 26.0 Å². The van der Waals surface area contributed by atoms with E-state index in [4.69, 9.17) is 13.0 Å². The minimum atomic E-state index is -6.09. The van der Waals surface area contributed by atoms with Gasteiger partial charge in [-0.25, -0.2) is 8.42 Å². The molecular weight excluding hydrogens is 356 g/mol. The van der Waals surface area contributed by atoms with Crippen LogP contribution in [0, 0.1) is 0 Å². The molecule has 13 heteroatoms. The highest BCUT2D eigenvalue weighted by atomic mass is 32.3. The Morgan fingerprint density at radius 1 is 1.27 bits per heavy atom. The second kappa shape index (κ2) is 7.57. The van der Waals surface area contributed by atoms with Crippen LogP contribution in [0.2, 0.25) is 0 Å². The van der Waals surface area contributed by atoms with Crippen molar-refractivity contribution in [2.45, 2.75) is 37.9 Å². The number of quaternary nitrogens is 1. The van der Waals surface area contributed by atoms with E-state index in [9.17, 15) is 25.5 Å². The SMILES string of the molecule is CCCCC1N(C)C=C[NH+]1S(=O)(=O)F.O=S(=O)([O-])C(F)(F)F. The second-order valence-corrected chi connectivity index (χ2v) is 7.10. The summed E-state index contributed by atoms with van der Waals surface area (Å²) in [4.78, 5) is 1.74. The third-order valence-corrected chi connectivity index (χ3v) is 4.23. The van der Waals surface area contributed by atoms with Crippen molar-refractivity contribution >= 4 is 20.5 Å². The molecule has 1 rings (SSSR count). The summed E-state index contributed by atoms with van der Waals surface area (Å²) in [7, 11) is -8.86. The van der Waals surface area contributed by atoms with Gasteiger partial charge in [0.15, 0.2) is 16.3 Å². The van der Waals surface area contributed by atoms with Crippen molar-refractivity contribution in [3.05, 3.63) is 12.4 Å². The maximum atomic E-state index is 12.8. The van der Waals surface area contributed by atoms with Crippen LogP contribution in [-0.2, 0) is 20.5 Å². The Morgan fingerprint density at radius 2 is 1.73 bits per heavy atom. The zero-order valence-corrected chi connectivity index (χ0v) is 13.3. The Labute approximate surface area is 126 Å². The van der Waals surface area contributed by atoms with Crippen LogP contribution in [0.4, 0.5) is 17.1 Å². The first-order valence-electron chi connectivity index (χ1n) is 5.95. The van der Waals surface area contributed by atoms with Crippen LogP contribution in [0.15, 0.2) is 12.4 Å². The Hall–Kier alpha value is -0.920. The maximum Gasteiger partial charge on any atom is 0.485 e. The smallest absolute Gasteiger partial charge is 0.485 e. The van der Waals surface area contributed by atoms with Gasteiger partial charge in [0.1, 0.15) is 6.20 Å². The van der Waals surface area contributed by atoms with Gasteiger partial charge in [-0.05, 0) is 6.42 Å². The lowest BCUT2D eigenvalue weighted by Crippen LogP contribution is -3.12. The van der Waals surface area contributed by atoms with Crippen LogP contribution in [0.3, 0.4) is 0 Å². The van der Waals surface area contributed by atoms with Gasteiger partial charge in [-0.1, -0.05) is 17.2 Å². The lowest BCUT2D eigenvalue weighted by molar-refractivity contribution is -0.748. The van der Waals surface area contributed by atoms with E-state index >= 15 is 0 Å². The summed E-state index contributed by atoms with van der Waals surface area (Å²) >= 11 is 0. The van der Waals surface area contributed by atoms with Gasteiger partial charge in [0, 0.05) is 13.5 Å². The lowest BCUT2D eigenvalue weighted by Gasteiger charge is -2.21. The van der Waals surface area contributed by atoms with E-state index in [0.29, 0.717) is 6.42 Å². The molecule has 0 bridgehead atoms. The van der Waals surface area contributed by atoms with Crippen molar-refractivity contribution in [1.82, 2.24) is 4.90 Å². The van der Waals surface area contributed by atoms with E-state index in [-0.39, 0.29) is 10.5 Å². The molecule has 0 spiro atoms. The molecule has 22 heavy (non-hydrogen) atoms. The molecule has 1 N–H and O–H groups in total. The first-order valence-corrected chi connectivity index (χ1v) is 8.74. The highest BCUT2D eigenvalue weighted by molar-refractivity contribution is 7.86. The average Bonchev–Trinajstić information content (AvgIpc) is 2.65. The molecule has 1 aliphatic heterocycles. The minimum Gasteiger partial charge on any atom is -0.741 e. The van der Waals surface area contributed by atoms with Crippen LogP contribution in [0.25, 0.3) is 0 Å². The quantitative estimate of drug-likeness (QED) is 0.325. The van der Waals surface area contributed by atoms with E-state index in [0.717, 1.165) is 12.8 Å². The molecule has 0 saturated carbocycles. The van der Waals surface area contributed by atoms with Gasteiger partial charge in [-0.15, -0.1) is 8.42 Å².